The van der Waals surface area contributed by atoms with Gasteiger partial charge < -0.3 is 0 Å². The van der Waals surface area contributed by atoms with Gasteiger partial charge in [-0.3, -0.25) is 24.8 Å². The van der Waals surface area contributed by atoms with Gasteiger partial charge in [-0.25, -0.2) is 8.78 Å². The summed E-state index contributed by atoms with van der Waals surface area (Å²) in [4.78, 5) is 28.2. The number of pyridine rings is 1. The summed E-state index contributed by atoms with van der Waals surface area (Å²) >= 11 is 0. The van der Waals surface area contributed by atoms with Crippen LogP contribution in [0.1, 0.15) is 11.3 Å². The molecule has 0 N–H and O–H groups in total. The summed E-state index contributed by atoms with van der Waals surface area (Å²) in [5, 5.41) is 10.7. The molecule has 1 aromatic heterocycles. The highest BCUT2D eigenvalue weighted by Gasteiger charge is 2.19. The van der Waals surface area contributed by atoms with Crippen molar-refractivity contribution in [1.82, 2.24) is 4.98 Å². The summed E-state index contributed by atoms with van der Waals surface area (Å²) in [7, 11) is 0. The molecule has 0 spiro atoms. The van der Waals surface area contributed by atoms with Crippen LogP contribution in [0, 0.1) is 21.7 Å². The number of aromatic nitrogens is 1. The maximum absolute atomic E-state index is 14.3. The number of nitrogens with zero attached hydrogens (tertiary/aromatic N) is 3. The number of hydrogen-bond donors (Lipinski definition) is 0. The fourth-order valence-corrected chi connectivity index (χ4v) is 2.60. The number of carbonyl (C=O) groups excluding carboxylic acids is 1. The first kappa shape index (κ1) is 19.8. The zero-order chi connectivity index (χ0) is 20.8. The molecule has 0 aliphatic carbocycles. The van der Waals surface area contributed by atoms with Gasteiger partial charge in [-0.1, -0.05) is 6.07 Å². The number of nitro benzene ring substituents is 1. The van der Waals surface area contributed by atoms with E-state index in [1.807, 2.05) is 0 Å². The Labute approximate surface area is 164 Å². The number of hydrogen-bond acceptors (Lipinski definition) is 4. The largest absolute Gasteiger partial charge is 0.300 e. The van der Waals surface area contributed by atoms with Gasteiger partial charge in [-0.15, -0.1) is 0 Å². The van der Waals surface area contributed by atoms with E-state index in [0.717, 1.165) is 11.0 Å². The van der Waals surface area contributed by atoms with Crippen LogP contribution in [-0.4, -0.2) is 15.8 Å². The zero-order valence-corrected chi connectivity index (χ0v) is 15.0. The molecule has 29 heavy (non-hydrogen) atoms. The second-order valence-electron chi connectivity index (χ2n) is 6.02. The van der Waals surface area contributed by atoms with Gasteiger partial charge in [0, 0.05) is 30.5 Å². The predicted molar refractivity (Wildman–Crippen MR) is 104 cm³/mol. The molecule has 6 nitrogen and oxygen atoms in total. The first-order chi connectivity index (χ1) is 13.9. The minimum absolute atomic E-state index is 0.0210. The second kappa shape index (κ2) is 8.83. The van der Waals surface area contributed by atoms with E-state index in [1.54, 1.807) is 24.4 Å². The molecule has 2 aromatic carbocycles. The van der Waals surface area contributed by atoms with E-state index in [-0.39, 0.29) is 17.9 Å². The highest BCUT2D eigenvalue weighted by Crippen LogP contribution is 2.23. The minimum atomic E-state index is -0.877. The summed E-state index contributed by atoms with van der Waals surface area (Å²) < 4.78 is 27.6. The Morgan fingerprint density at radius 2 is 1.86 bits per heavy atom. The number of amides is 1. The molecule has 0 atom stereocenters. The van der Waals surface area contributed by atoms with Crippen molar-refractivity contribution in [3.05, 3.63) is 106 Å². The number of carbonyl (C=O) groups is 1. The third kappa shape index (κ3) is 5.07. The Bertz CT molecular complexity index is 1050. The lowest BCUT2D eigenvalue weighted by Crippen LogP contribution is -2.30. The van der Waals surface area contributed by atoms with Crippen molar-refractivity contribution in [2.75, 3.05) is 4.90 Å². The molecule has 0 radical (unpaired) electrons. The molecule has 0 saturated carbocycles. The molecule has 8 heteroatoms. The van der Waals surface area contributed by atoms with Crippen LogP contribution in [0.2, 0.25) is 0 Å². The lowest BCUT2D eigenvalue weighted by Gasteiger charge is -2.21. The molecule has 0 fully saturated rings. The van der Waals surface area contributed by atoms with Gasteiger partial charge in [0.1, 0.15) is 11.6 Å². The van der Waals surface area contributed by atoms with Crippen LogP contribution in [0.4, 0.5) is 20.2 Å². The third-order valence-corrected chi connectivity index (χ3v) is 4.04. The van der Waals surface area contributed by atoms with Gasteiger partial charge in [0.05, 0.1) is 22.8 Å². The molecule has 0 saturated heterocycles. The molecule has 1 amide bonds. The van der Waals surface area contributed by atoms with Crippen LogP contribution in [0.3, 0.4) is 0 Å². The maximum atomic E-state index is 14.3. The lowest BCUT2D eigenvalue weighted by molar-refractivity contribution is -0.384. The summed E-state index contributed by atoms with van der Waals surface area (Å²) in [5.41, 5.74) is 0.920. The van der Waals surface area contributed by atoms with Crippen molar-refractivity contribution in [3.8, 4) is 0 Å². The van der Waals surface area contributed by atoms with Crippen LogP contribution in [0.5, 0.6) is 0 Å². The van der Waals surface area contributed by atoms with Crippen LogP contribution in [-0.2, 0) is 11.3 Å². The standard InChI is InChI=1S/C21H15F2N3O3/c22-16-7-10-20(19(23)13-16)25(14-17-3-1-2-12-24-17)21(27)11-6-15-4-8-18(9-5-15)26(28)29/h1-13H,14H2. The second-order valence-corrected chi connectivity index (χ2v) is 6.02. The van der Waals surface area contributed by atoms with Crippen molar-refractivity contribution < 1.29 is 18.5 Å². The fourth-order valence-electron chi connectivity index (χ4n) is 2.60. The summed E-state index contributed by atoms with van der Waals surface area (Å²) in [5.74, 6) is -2.18. The van der Waals surface area contributed by atoms with Gasteiger partial charge in [-0.05, 0) is 48.0 Å². The van der Waals surface area contributed by atoms with Crippen molar-refractivity contribution >= 4 is 23.4 Å². The van der Waals surface area contributed by atoms with E-state index >= 15 is 0 Å². The van der Waals surface area contributed by atoms with Crippen LogP contribution < -0.4 is 4.90 Å². The molecule has 0 unspecified atom stereocenters. The van der Waals surface area contributed by atoms with Gasteiger partial charge in [0.2, 0.25) is 0 Å². The van der Waals surface area contributed by atoms with Crippen LogP contribution >= 0.6 is 0 Å². The predicted octanol–water partition coefficient (Wildman–Crippen LogP) is 4.51. The molecule has 0 aliphatic heterocycles. The first-order valence-corrected chi connectivity index (χ1v) is 8.53. The number of anilines is 1. The Balaban J connectivity index is 1.88. The van der Waals surface area contributed by atoms with Crippen molar-refractivity contribution in [1.29, 1.82) is 0 Å². The van der Waals surface area contributed by atoms with E-state index in [0.29, 0.717) is 17.3 Å². The number of benzene rings is 2. The van der Waals surface area contributed by atoms with Crippen molar-refractivity contribution in [2.45, 2.75) is 6.54 Å². The van der Waals surface area contributed by atoms with Gasteiger partial charge in [-0.2, -0.15) is 0 Å². The molecular weight excluding hydrogens is 380 g/mol. The molecule has 0 bridgehead atoms. The SMILES string of the molecule is O=C(C=Cc1ccc([N+](=O)[O-])cc1)N(Cc1ccccn1)c1ccc(F)cc1F. The van der Waals surface area contributed by atoms with E-state index < -0.39 is 22.5 Å². The maximum Gasteiger partial charge on any atom is 0.269 e. The third-order valence-electron chi connectivity index (χ3n) is 4.04. The molecule has 0 aliphatic rings. The van der Waals surface area contributed by atoms with Crippen molar-refractivity contribution in [3.63, 3.8) is 0 Å². The average Bonchev–Trinajstić information content (AvgIpc) is 2.72. The highest BCUT2D eigenvalue weighted by atomic mass is 19.1. The summed E-state index contributed by atoms with van der Waals surface area (Å²) in [6.07, 6.45) is 4.22. The van der Waals surface area contributed by atoms with Gasteiger partial charge in [0.15, 0.2) is 0 Å². The molecular formula is C21H15F2N3O3. The van der Waals surface area contributed by atoms with E-state index in [9.17, 15) is 23.7 Å². The number of non-ortho nitro benzene ring substituents is 1. The summed E-state index contributed by atoms with van der Waals surface area (Å²) in [6.45, 7) is -0.0210. The Kier molecular flexibility index (Phi) is 6.03. The topological polar surface area (TPSA) is 76.3 Å². The molecule has 3 rings (SSSR count). The highest BCUT2D eigenvalue weighted by molar-refractivity contribution is 6.03. The number of nitro groups is 1. The smallest absolute Gasteiger partial charge is 0.269 e. The first-order valence-electron chi connectivity index (χ1n) is 8.53. The average molecular weight is 395 g/mol. The van der Waals surface area contributed by atoms with E-state index in [4.69, 9.17) is 0 Å². The van der Waals surface area contributed by atoms with Crippen molar-refractivity contribution in [2.24, 2.45) is 0 Å². The van der Waals surface area contributed by atoms with Gasteiger partial charge >= 0.3 is 0 Å². The fraction of sp³-hybridized carbons (Fsp3) is 0.0476. The summed E-state index contributed by atoms with van der Waals surface area (Å²) in [6, 6.07) is 13.7. The van der Waals surface area contributed by atoms with Crippen LogP contribution in [0.15, 0.2) is 72.9 Å². The van der Waals surface area contributed by atoms with E-state index in [1.165, 1.54) is 42.5 Å². The minimum Gasteiger partial charge on any atom is -0.300 e. The lowest BCUT2D eigenvalue weighted by atomic mass is 10.2. The quantitative estimate of drug-likeness (QED) is 0.349. The van der Waals surface area contributed by atoms with Gasteiger partial charge in [0.25, 0.3) is 11.6 Å². The monoisotopic (exact) mass is 395 g/mol. The Hall–Kier alpha value is -3.94. The van der Waals surface area contributed by atoms with Crippen LogP contribution in [0.25, 0.3) is 6.08 Å². The Morgan fingerprint density at radius 3 is 2.48 bits per heavy atom. The number of rotatable bonds is 6. The normalized spacial score (nSPS) is 10.8. The molecule has 3 aromatic rings. The zero-order valence-electron chi connectivity index (χ0n) is 15.0. The molecule has 146 valence electrons. The Morgan fingerprint density at radius 1 is 1.10 bits per heavy atom. The molecule has 1 heterocycles. The van der Waals surface area contributed by atoms with E-state index in [2.05, 4.69) is 4.98 Å². The number of halogens is 2.